The van der Waals surface area contributed by atoms with Gasteiger partial charge in [0.15, 0.2) is 5.69 Å². The number of rotatable bonds is 3. The van der Waals surface area contributed by atoms with Gasteiger partial charge in [-0.2, -0.15) is 18.2 Å². The van der Waals surface area contributed by atoms with E-state index in [-0.39, 0.29) is 19.2 Å². The van der Waals surface area contributed by atoms with Crippen LogP contribution in [-0.2, 0) is 6.18 Å². The average Bonchev–Trinajstić information content (AvgIpc) is 2.14. The molecule has 1 aromatic heterocycles. The third-order valence-electron chi connectivity index (χ3n) is 1.27. The fourth-order valence-corrected chi connectivity index (χ4v) is 0.718. The maximum Gasteiger partial charge on any atom is 0.433 e. The van der Waals surface area contributed by atoms with Crippen molar-refractivity contribution in [3.8, 4) is 6.01 Å². The largest absolute Gasteiger partial charge is 0.462 e. The van der Waals surface area contributed by atoms with E-state index >= 15 is 0 Å². The minimum atomic E-state index is -4.48. The van der Waals surface area contributed by atoms with Gasteiger partial charge in [-0.05, 0) is 6.07 Å². The van der Waals surface area contributed by atoms with Crippen LogP contribution in [0.25, 0.3) is 0 Å². The Hall–Kier alpha value is -1.37. The number of nitrogens with two attached hydrogens (primary N) is 1. The maximum atomic E-state index is 12.1. The molecule has 0 bridgehead atoms. The molecular weight excluding hydrogens is 199 g/mol. The Labute approximate surface area is 77.9 Å². The van der Waals surface area contributed by atoms with Crippen molar-refractivity contribution in [2.75, 3.05) is 13.2 Å². The molecule has 0 saturated carbocycles. The van der Waals surface area contributed by atoms with Crippen molar-refractivity contribution >= 4 is 0 Å². The maximum absolute atomic E-state index is 12.1. The second-order valence-electron chi connectivity index (χ2n) is 2.36. The Morgan fingerprint density at radius 1 is 1.43 bits per heavy atom. The lowest BCUT2D eigenvalue weighted by molar-refractivity contribution is -0.141. The van der Waals surface area contributed by atoms with Crippen molar-refractivity contribution in [3.63, 3.8) is 0 Å². The van der Waals surface area contributed by atoms with Crippen molar-refractivity contribution in [1.29, 1.82) is 0 Å². The zero-order valence-corrected chi connectivity index (χ0v) is 7.08. The van der Waals surface area contributed by atoms with Gasteiger partial charge < -0.3 is 10.5 Å². The second-order valence-corrected chi connectivity index (χ2v) is 2.36. The summed E-state index contributed by atoms with van der Waals surface area (Å²) >= 11 is 0. The highest BCUT2D eigenvalue weighted by Crippen LogP contribution is 2.27. The van der Waals surface area contributed by atoms with Gasteiger partial charge >= 0.3 is 12.2 Å². The van der Waals surface area contributed by atoms with Crippen LogP contribution in [0.5, 0.6) is 6.01 Å². The van der Waals surface area contributed by atoms with Crippen molar-refractivity contribution < 1.29 is 17.9 Å². The van der Waals surface area contributed by atoms with E-state index < -0.39 is 11.9 Å². The van der Waals surface area contributed by atoms with E-state index in [0.29, 0.717) is 0 Å². The lowest BCUT2D eigenvalue weighted by atomic mass is 10.4. The molecule has 0 unspecified atom stereocenters. The van der Waals surface area contributed by atoms with Crippen molar-refractivity contribution in [2.45, 2.75) is 6.18 Å². The normalized spacial score (nSPS) is 11.4. The Morgan fingerprint density at radius 3 is 2.71 bits per heavy atom. The van der Waals surface area contributed by atoms with E-state index in [2.05, 4.69) is 9.97 Å². The molecule has 14 heavy (non-hydrogen) atoms. The smallest absolute Gasteiger partial charge is 0.433 e. The van der Waals surface area contributed by atoms with Gasteiger partial charge in [-0.25, -0.2) is 4.98 Å². The highest BCUT2D eigenvalue weighted by Gasteiger charge is 2.32. The van der Waals surface area contributed by atoms with E-state index in [4.69, 9.17) is 10.5 Å². The fourth-order valence-electron chi connectivity index (χ4n) is 0.718. The Balaban J connectivity index is 2.79. The Bertz CT molecular complexity index is 302. The van der Waals surface area contributed by atoms with Crippen LogP contribution in [0.3, 0.4) is 0 Å². The third-order valence-corrected chi connectivity index (χ3v) is 1.27. The molecule has 0 spiro atoms. The fraction of sp³-hybridized carbons (Fsp3) is 0.429. The van der Waals surface area contributed by atoms with Crippen LogP contribution < -0.4 is 10.5 Å². The summed E-state index contributed by atoms with van der Waals surface area (Å²) in [6.45, 7) is 0.279. The lowest BCUT2D eigenvalue weighted by Gasteiger charge is -2.06. The monoisotopic (exact) mass is 207 g/mol. The van der Waals surface area contributed by atoms with Gasteiger partial charge in [0.05, 0.1) is 0 Å². The topological polar surface area (TPSA) is 61.0 Å². The quantitative estimate of drug-likeness (QED) is 0.797. The summed E-state index contributed by atoms with van der Waals surface area (Å²) in [5.74, 6) is 0. The molecule has 0 amide bonds. The molecule has 0 aliphatic carbocycles. The third kappa shape index (κ3) is 2.84. The van der Waals surface area contributed by atoms with E-state index in [9.17, 15) is 13.2 Å². The van der Waals surface area contributed by atoms with Crippen molar-refractivity contribution in [1.82, 2.24) is 9.97 Å². The molecule has 0 aromatic carbocycles. The first-order chi connectivity index (χ1) is 6.54. The first-order valence-electron chi connectivity index (χ1n) is 3.77. The summed E-state index contributed by atoms with van der Waals surface area (Å²) in [7, 11) is 0. The van der Waals surface area contributed by atoms with Crippen LogP contribution in [0.1, 0.15) is 5.69 Å². The molecule has 2 N–H and O–H groups in total. The van der Waals surface area contributed by atoms with Crippen LogP contribution >= 0.6 is 0 Å². The molecule has 0 aliphatic heterocycles. The summed E-state index contributed by atoms with van der Waals surface area (Å²) in [5, 5.41) is 0. The van der Waals surface area contributed by atoms with Crippen molar-refractivity contribution in [3.05, 3.63) is 18.0 Å². The molecule has 0 aliphatic rings. The van der Waals surface area contributed by atoms with Gasteiger partial charge in [0.25, 0.3) is 0 Å². The number of hydrogen-bond acceptors (Lipinski definition) is 4. The minimum Gasteiger partial charge on any atom is -0.462 e. The minimum absolute atomic E-state index is 0.0846. The Morgan fingerprint density at radius 2 is 2.14 bits per heavy atom. The van der Waals surface area contributed by atoms with E-state index in [1.807, 2.05) is 0 Å². The molecule has 0 radical (unpaired) electrons. The lowest BCUT2D eigenvalue weighted by Crippen LogP contribution is -2.14. The highest BCUT2D eigenvalue weighted by molar-refractivity contribution is 5.08. The highest BCUT2D eigenvalue weighted by atomic mass is 19.4. The second kappa shape index (κ2) is 4.23. The predicted octanol–water partition coefficient (Wildman–Crippen LogP) is 0.833. The standard InChI is InChI=1S/C7H8F3N3O/c8-7(9,10)5-1-3-12-6(13-5)14-4-2-11/h1,3H,2,4,11H2. The molecule has 7 heteroatoms. The van der Waals surface area contributed by atoms with Crippen LogP contribution in [0.15, 0.2) is 12.3 Å². The van der Waals surface area contributed by atoms with E-state index in [1.54, 1.807) is 0 Å². The number of aromatic nitrogens is 2. The summed E-state index contributed by atoms with van der Waals surface area (Å²) in [4.78, 5) is 6.67. The Kier molecular flexibility index (Phi) is 3.23. The van der Waals surface area contributed by atoms with E-state index in [0.717, 1.165) is 12.3 Å². The van der Waals surface area contributed by atoms with E-state index in [1.165, 1.54) is 0 Å². The van der Waals surface area contributed by atoms with Gasteiger partial charge in [0.1, 0.15) is 6.61 Å². The molecule has 0 saturated heterocycles. The number of alkyl halides is 3. The summed E-state index contributed by atoms with van der Waals surface area (Å²) in [5.41, 5.74) is 4.07. The molecule has 0 atom stereocenters. The molecule has 78 valence electrons. The van der Waals surface area contributed by atoms with Gasteiger partial charge in [-0.3, -0.25) is 0 Å². The zero-order chi connectivity index (χ0) is 10.6. The summed E-state index contributed by atoms with van der Waals surface area (Å²) < 4.78 is 41.1. The molecule has 1 aromatic rings. The molecule has 0 fully saturated rings. The number of hydrogen-bond donors (Lipinski definition) is 1. The van der Waals surface area contributed by atoms with Gasteiger partial charge in [-0.1, -0.05) is 0 Å². The molecule has 1 rings (SSSR count). The average molecular weight is 207 g/mol. The van der Waals surface area contributed by atoms with Gasteiger partial charge in [0, 0.05) is 12.7 Å². The van der Waals surface area contributed by atoms with Crippen LogP contribution in [0.4, 0.5) is 13.2 Å². The van der Waals surface area contributed by atoms with Crippen LogP contribution in [-0.4, -0.2) is 23.1 Å². The number of ether oxygens (including phenoxy) is 1. The van der Waals surface area contributed by atoms with Gasteiger partial charge in [0.2, 0.25) is 0 Å². The SMILES string of the molecule is NCCOc1nccc(C(F)(F)F)n1. The van der Waals surface area contributed by atoms with Crippen LogP contribution in [0, 0.1) is 0 Å². The van der Waals surface area contributed by atoms with Crippen LogP contribution in [0.2, 0.25) is 0 Å². The predicted molar refractivity (Wildman–Crippen MR) is 41.6 cm³/mol. The zero-order valence-electron chi connectivity index (χ0n) is 7.08. The summed E-state index contributed by atoms with van der Waals surface area (Å²) in [6, 6.07) is 0.459. The van der Waals surface area contributed by atoms with Gasteiger partial charge in [-0.15, -0.1) is 0 Å². The number of halogens is 3. The van der Waals surface area contributed by atoms with Crippen molar-refractivity contribution in [2.24, 2.45) is 5.73 Å². The first kappa shape index (κ1) is 10.7. The molecular formula is C7H8F3N3O. The first-order valence-corrected chi connectivity index (χ1v) is 3.77. The summed E-state index contributed by atoms with van der Waals surface area (Å²) in [6.07, 6.45) is -3.49. The molecule has 1 heterocycles. The molecule has 4 nitrogen and oxygen atoms in total. The number of nitrogens with zero attached hydrogens (tertiary/aromatic N) is 2.